The van der Waals surface area contributed by atoms with E-state index < -0.39 is 0 Å². The molecule has 3 heteroatoms. The molecular formula is C28H54O3. The second kappa shape index (κ2) is 18.3. The molecule has 31 heavy (non-hydrogen) atoms. The summed E-state index contributed by atoms with van der Waals surface area (Å²) in [6.07, 6.45) is 28.2. The summed E-state index contributed by atoms with van der Waals surface area (Å²) in [5.74, 6) is 0. The van der Waals surface area contributed by atoms with Crippen molar-refractivity contribution < 1.29 is 14.2 Å². The average molecular weight is 439 g/mol. The molecule has 0 aromatic carbocycles. The topological polar surface area (TPSA) is 27.7 Å². The molecular weight excluding hydrogens is 384 g/mol. The lowest BCUT2D eigenvalue weighted by molar-refractivity contribution is -0.0592. The van der Waals surface area contributed by atoms with Crippen molar-refractivity contribution in [3.63, 3.8) is 0 Å². The Morgan fingerprint density at radius 1 is 0.581 bits per heavy atom. The van der Waals surface area contributed by atoms with Crippen LogP contribution in [-0.4, -0.2) is 37.6 Å². The van der Waals surface area contributed by atoms with Crippen molar-refractivity contribution in [3.05, 3.63) is 0 Å². The molecule has 0 saturated carbocycles. The summed E-state index contributed by atoms with van der Waals surface area (Å²) in [4.78, 5) is 0. The van der Waals surface area contributed by atoms with E-state index in [-0.39, 0.29) is 0 Å². The molecule has 4 atom stereocenters. The average Bonchev–Trinajstić information content (AvgIpc) is 2.70. The molecule has 184 valence electrons. The molecule has 0 aromatic heterocycles. The zero-order valence-corrected chi connectivity index (χ0v) is 21.1. The molecule has 0 radical (unpaired) electrons. The number of rotatable bonds is 22. The van der Waals surface area contributed by atoms with Gasteiger partial charge in [-0.2, -0.15) is 0 Å². The van der Waals surface area contributed by atoms with Crippen molar-refractivity contribution >= 4 is 0 Å². The number of hydrogen-bond acceptors (Lipinski definition) is 3. The number of hydrogen-bond donors (Lipinski definition) is 0. The van der Waals surface area contributed by atoms with Crippen LogP contribution in [0.25, 0.3) is 0 Å². The lowest BCUT2D eigenvalue weighted by atomic mass is 9.98. The third-order valence-electron chi connectivity index (χ3n) is 7.34. The molecule has 0 bridgehead atoms. The van der Waals surface area contributed by atoms with E-state index in [1.807, 2.05) is 0 Å². The molecule has 2 aliphatic rings. The summed E-state index contributed by atoms with van der Waals surface area (Å²) < 4.78 is 18.0. The van der Waals surface area contributed by atoms with Crippen LogP contribution in [0.1, 0.15) is 142 Å². The van der Waals surface area contributed by atoms with Crippen LogP contribution < -0.4 is 0 Å². The predicted octanol–water partition coefficient (Wildman–Crippen LogP) is 8.38. The van der Waals surface area contributed by atoms with Gasteiger partial charge >= 0.3 is 0 Å². The highest BCUT2D eigenvalue weighted by Gasteiger charge is 2.20. The van der Waals surface area contributed by atoms with Gasteiger partial charge in [0.15, 0.2) is 0 Å². The molecule has 0 N–H and O–H groups in total. The second-order valence-corrected chi connectivity index (χ2v) is 10.2. The summed E-state index contributed by atoms with van der Waals surface area (Å²) in [6, 6.07) is 0. The van der Waals surface area contributed by atoms with Crippen molar-refractivity contribution in [2.75, 3.05) is 13.2 Å². The maximum atomic E-state index is 6.84. The van der Waals surface area contributed by atoms with Crippen molar-refractivity contribution in [2.24, 2.45) is 0 Å². The van der Waals surface area contributed by atoms with Gasteiger partial charge in [-0.05, 0) is 51.4 Å². The Hall–Kier alpha value is -0.120. The molecule has 2 fully saturated rings. The first kappa shape index (κ1) is 27.1. The van der Waals surface area contributed by atoms with E-state index in [1.54, 1.807) is 0 Å². The molecule has 0 aromatic rings. The molecule has 0 aliphatic carbocycles. The minimum atomic E-state index is 0.477. The van der Waals surface area contributed by atoms with Gasteiger partial charge in [0, 0.05) is 13.2 Å². The second-order valence-electron chi connectivity index (χ2n) is 10.2. The summed E-state index contributed by atoms with van der Waals surface area (Å²) in [5, 5.41) is 0. The maximum Gasteiger partial charge on any atom is 0.0597 e. The van der Waals surface area contributed by atoms with Crippen LogP contribution >= 0.6 is 0 Å². The van der Waals surface area contributed by atoms with Crippen LogP contribution in [-0.2, 0) is 14.2 Å². The Balaban J connectivity index is 1.71. The lowest BCUT2D eigenvalue weighted by Crippen LogP contribution is -2.27. The molecule has 0 spiro atoms. The summed E-state index contributed by atoms with van der Waals surface area (Å²) in [5.41, 5.74) is 0. The predicted molar refractivity (Wildman–Crippen MR) is 132 cm³/mol. The lowest BCUT2D eigenvalue weighted by Gasteiger charge is -2.28. The Kier molecular flexibility index (Phi) is 16.0. The normalized spacial score (nSPS) is 22.6. The first-order chi connectivity index (χ1) is 15.3. The van der Waals surface area contributed by atoms with E-state index in [4.69, 9.17) is 14.2 Å². The highest BCUT2D eigenvalue weighted by atomic mass is 16.5. The zero-order chi connectivity index (χ0) is 22.0. The highest BCUT2D eigenvalue weighted by molar-refractivity contribution is 4.70. The monoisotopic (exact) mass is 438 g/mol. The molecule has 4 unspecified atom stereocenters. The quantitative estimate of drug-likeness (QED) is 0.159. The molecule has 0 amide bonds. The van der Waals surface area contributed by atoms with Gasteiger partial charge < -0.3 is 14.2 Å². The zero-order valence-electron chi connectivity index (χ0n) is 21.1. The largest absolute Gasteiger partial charge is 0.378 e. The fourth-order valence-electron chi connectivity index (χ4n) is 4.94. The van der Waals surface area contributed by atoms with E-state index >= 15 is 0 Å². The van der Waals surface area contributed by atoms with Gasteiger partial charge in [-0.3, -0.25) is 0 Å². The minimum Gasteiger partial charge on any atom is -0.378 e. The van der Waals surface area contributed by atoms with Crippen molar-refractivity contribution in [3.8, 4) is 0 Å². The van der Waals surface area contributed by atoms with Crippen molar-refractivity contribution in [2.45, 2.75) is 167 Å². The third-order valence-corrected chi connectivity index (χ3v) is 7.34. The van der Waals surface area contributed by atoms with E-state index in [0.29, 0.717) is 24.4 Å². The van der Waals surface area contributed by atoms with Crippen LogP contribution in [0, 0.1) is 0 Å². The third kappa shape index (κ3) is 13.2. The SMILES string of the molecule is CCCCCCC(CCCCC1CCO1)OC(CCCCCC)CCCCC1CCO1. The van der Waals surface area contributed by atoms with Gasteiger partial charge in [0.05, 0.1) is 24.4 Å². The first-order valence-corrected chi connectivity index (χ1v) is 14.2. The number of ether oxygens (including phenoxy) is 3. The van der Waals surface area contributed by atoms with Gasteiger partial charge in [0.1, 0.15) is 0 Å². The Morgan fingerprint density at radius 3 is 1.29 bits per heavy atom. The van der Waals surface area contributed by atoms with Crippen molar-refractivity contribution in [1.82, 2.24) is 0 Å². The Labute approximate surface area is 194 Å². The fourth-order valence-corrected chi connectivity index (χ4v) is 4.94. The van der Waals surface area contributed by atoms with E-state index in [9.17, 15) is 0 Å². The van der Waals surface area contributed by atoms with Crippen LogP contribution in [0.5, 0.6) is 0 Å². The summed E-state index contributed by atoms with van der Waals surface area (Å²) in [7, 11) is 0. The van der Waals surface area contributed by atoms with Gasteiger partial charge in [-0.1, -0.05) is 90.9 Å². The fraction of sp³-hybridized carbons (Fsp3) is 1.00. The molecule has 2 saturated heterocycles. The Bertz CT molecular complexity index is 356. The summed E-state index contributed by atoms with van der Waals surface area (Å²) in [6.45, 7) is 6.58. The summed E-state index contributed by atoms with van der Waals surface area (Å²) >= 11 is 0. The molecule has 3 nitrogen and oxygen atoms in total. The maximum absolute atomic E-state index is 6.84. The van der Waals surface area contributed by atoms with Gasteiger partial charge in [-0.15, -0.1) is 0 Å². The van der Waals surface area contributed by atoms with Crippen LogP contribution in [0.2, 0.25) is 0 Å². The van der Waals surface area contributed by atoms with Crippen LogP contribution in [0.3, 0.4) is 0 Å². The highest BCUT2D eigenvalue weighted by Crippen LogP contribution is 2.25. The molecule has 2 heterocycles. The molecule has 2 aliphatic heterocycles. The van der Waals surface area contributed by atoms with Gasteiger partial charge in [0.2, 0.25) is 0 Å². The van der Waals surface area contributed by atoms with Gasteiger partial charge in [0.25, 0.3) is 0 Å². The van der Waals surface area contributed by atoms with E-state index in [0.717, 1.165) is 13.2 Å². The standard InChI is InChI=1S/C28H54O3/c1-3-5-7-9-17-27(19-13-11-15-25-21-23-29-25)31-28(18-10-8-6-4-2)20-14-12-16-26-22-24-30-26/h25-28H,3-24H2,1-2H3. The van der Waals surface area contributed by atoms with Gasteiger partial charge in [-0.25, -0.2) is 0 Å². The van der Waals surface area contributed by atoms with Crippen molar-refractivity contribution in [1.29, 1.82) is 0 Å². The first-order valence-electron chi connectivity index (χ1n) is 14.2. The van der Waals surface area contributed by atoms with E-state index in [2.05, 4.69) is 13.8 Å². The number of unbranched alkanes of at least 4 members (excludes halogenated alkanes) is 8. The van der Waals surface area contributed by atoms with E-state index in [1.165, 1.54) is 128 Å². The van der Waals surface area contributed by atoms with Crippen LogP contribution in [0.15, 0.2) is 0 Å². The minimum absolute atomic E-state index is 0.477. The Morgan fingerprint density at radius 2 is 0.968 bits per heavy atom. The van der Waals surface area contributed by atoms with Crippen LogP contribution in [0.4, 0.5) is 0 Å². The smallest absolute Gasteiger partial charge is 0.0597 e. The molecule has 2 rings (SSSR count).